The number of benzene rings is 7. The lowest BCUT2D eigenvalue weighted by atomic mass is 9.82. The molecule has 0 unspecified atom stereocenters. The van der Waals surface area contributed by atoms with Crippen molar-refractivity contribution in [3.8, 4) is 67.9 Å². The largest absolute Gasteiger partial charge is 0.309 e. The van der Waals surface area contributed by atoms with Gasteiger partial charge >= 0.3 is 0 Å². The van der Waals surface area contributed by atoms with Crippen LogP contribution in [0.2, 0.25) is 0 Å². The van der Waals surface area contributed by atoms with E-state index in [2.05, 4.69) is 134 Å². The predicted octanol–water partition coefficient (Wildman–Crippen LogP) is 12.4. The van der Waals surface area contributed by atoms with Crippen molar-refractivity contribution in [2.45, 2.75) is 19.3 Å². The Morgan fingerprint density at radius 3 is 1.89 bits per heavy atom. The van der Waals surface area contributed by atoms with Gasteiger partial charge < -0.3 is 4.57 Å². The van der Waals surface area contributed by atoms with Crippen LogP contribution in [0, 0.1) is 11.3 Å². The molecule has 2 heterocycles. The Morgan fingerprint density at radius 1 is 0.481 bits per heavy atom. The number of nitriles is 1. The van der Waals surface area contributed by atoms with Crippen molar-refractivity contribution in [1.82, 2.24) is 14.5 Å². The summed E-state index contributed by atoms with van der Waals surface area (Å²) in [6.45, 7) is 4.67. The molecule has 0 atom stereocenters. The summed E-state index contributed by atoms with van der Waals surface area (Å²) in [5, 5.41) is 12.7. The summed E-state index contributed by atoms with van der Waals surface area (Å²) in [6, 6.07) is 61.7. The summed E-state index contributed by atoms with van der Waals surface area (Å²) in [5.74, 6) is 0.657. The van der Waals surface area contributed by atoms with Crippen LogP contribution in [0.4, 0.5) is 0 Å². The average Bonchev–Trinajstić information content (AvgIpc) is 3.68. The minimum Gasteiger partial charge on any atom is -0.309 e. The van der Waals surface area contributed by atoms with Crippen LogP contribution in [0.1, 0.15) is 30.5 Å². The lowest BCUT2D eigenvalue weighted by Gasteiger charge is -2.21. The van der Waals surface area contributed by atoms with Crippen LogP contribution >= 0.6 is 0 Å². The van der Waals surface area contributed by atoms with Crippen molar-refractivity contribution >= 4 is 21.8 Å². The van der Waals surface area contributed by atoms with Gasteiger partial charge in [0.25, 0.3) is 0 Å². The highest BCUT2D eigenvalue weighted by atomic mass is 15.0. The van der Waals surface area contributed by atoms with E-state index in [0.717, 1.165) is 55.9 Å². The number of hydrogen-bond donors (Lipinski definition) is 0. The molecule has 54 heavy (non-hydrogen) atoms. The number of nitrogens with zero attached hydrogens (tertiary/aromatic N) is 4. The summed E-state index contributed by atoms with van der Waals surface area (Å²) >= 11 is 0. The topological polar surface area (TPSA) is 54.5 Å². The zero-order valence-corrected chi connectivity index (χ0v) is 30.0. The highest BCUT2D eigenvalue weighted by molar-refractivity contribution is 6.11. The molecule has 4 nitrogen and oxygen atoms in total. The second-order valence-corrected chi connectivity index (χ2v) is 14.6. The number of fused-ring (bicyclic) bond motifs is 6. The van der Waals surface area contributed by atoms with Crippen molar-refractivity contribution in [1.29, 1.82) is 5.26 Å². The minimum absolute atomic E-state index is 0.114. The van der Waals surface area contributed by atoms with Gasteiger partial charge in [-0.3, -0.25) is 0 Å². The summed E-state index contributed by atoms with van der Waals surface area (Å²) in [4.78, 5) is 10.3. The maximum Gasteiger partial charge on any atom is 0.160 e. The van der Waals surface area contributed by atoms with Crippen LogP contribution in [0.15, 0.2) is 170 Å². The molecule has 4 heteroatoms. The molecule has 0 spiro atoms. The number of hydrogen-bond acceptors (Lipinski definition) is 3. The van der Waals surface area contributed by atoms with E-state index in [-0.39, 0.29) is 5.41 Å². The Balaban J connectivity index is 1.28. The third-order valence-electron chi connectivity index (χ3n) is 11.0. The van der Waals surface area contributed by atoms with E-state index in [0.29, 0.717) is 11.4 Å². The van der Waals surface area contributed by atoms with Gasteiger partial charge in [-0.1, -0.05) is 135 Å². The standard InChI is InChI=1S/C50H34N4/c1-50(2)43-23-13-11-21-39(43)41-29-48-42(28-44(41)50)40-22-12-14-24-47(40)54(48)37-26-35(38-20-10-9-19-34(38)31-51)25-36(27-37)46-30-45(32-15-5-3-6-16-32)52-49(53-46)33-17-7-4-8-18-33/h3-30H,1-2H3. The second kappa shape index (κ2) is 12.3. The first-order valence-electron chi connectivity index (χ1n) is 18.3. The van der Waals surface area contributed by atoms with Gasteiger partial charge in [0.15, 0.2) is 5.82 Å². The Kier molecular flexibility index (Phi) is 7.18. The van der Waals surface area contributed by atoms with Gasteiger partial charge in [0.05, 0.1) is 34.1 Å². The molecular weight excluding hydrogens is 657 g/mol. The van der Waals surface area contributed by atoms with Gasteiger partial charge in [-0.25, -0.2) is 9.97 Å². The second-order valence-electron chi connectivity index (χ2n) is 14.6. The molecule has 2 aromatic heterocycles. The molecular formula is C50H34N4. The van der Waals surface area contributed by atoms with E-state index in [1.165, 1.54) is 33.0 Å². The SMILES string of the molecule is CC1(C)c2ccccc2-c2cc3c(cc21)c1ccccc1n3-c1cc(-c2cc(-c3ccccc3)nc(-c3ccccc3)n2)cc(-c2ccccc2C#N)c1. The molecule has 7 aromatic carbocycles. The van der Waals surface area contributed by atoms with Crippen molar-refractivity contribution in [3.63, 3.8) is 0 Å². The van der Waals surface area contributed by atoms with Gasteiger partial charge in [-0.2, -0.15) is 5.26 Å². The molecule has 0 bridgehead atoms. The molecule has 254 valence electrons. The monoisotopic (exact) mass is 690 g/mol. The lowest BCUT2D eigenvalue weighted by molar-refractivity contribution is 0.661. The van der Waals surface area contributed by atoms with Crippen molar-refractivity contribution in [3.05, 3.63) is 187 Å². The van der Waals surface area contributed by atoms with E-state index in [9.17, 15) is 5.26 Å². The van der Waals surface area contributed by atoms with Crippen LogP contribution in [0.5, 0.6) is 0 Å². The van der Waals surface area contributed by atoms with Crippen molar-refractivity contribution in [2.24, 2.45) is 0 Å². The van der Waals surface area contributed by atoms with Crippen LogP contribution in [0.25, 0.3) is 83.6 Å². The first-order chi connectivity index (χ1) is 26.5. The van der Waals surface area contributed by atoms with Crippen LogP contribution in [0.3, 0.4) is 0 Å². The molecule has 0 aliphatic heterocycles. The fraction of sp³-hybridized carbons (Fsp3) is 0.0600. The molecule has 10 rings (SSSR count). The predicted molar refractivity (Wildman–Crippen MR) is 220 cm³/mol. The first kappa shape index (κ1) is 31.6. The van der Waals surface area contributed by atoms with Gasteiger partial charge in [-0.15, -0.1) is 0 Å². The normalized spacial score (nSPS) is 12.8. The molecule has 0 fully saturated rings. The third-order valence-corrected chi connectivity index (χ3v) is 11.0. The molecule has 9 aromatic rings. The third kappa shape index (κ3) is 4.98. The average molecular weight is 691 g/mol. The van der Waals surface area contributed by atoms with Crippen LogP contribution in [-0.2, 0) is 5.41 Å². The molecule has 0 amide bonds. The maximum absolute atomic E-state index is 10.3. The lowest BCUT2D eigenvalue weighted by Crippen LogP contribution is -2.14. The molecule has 1 aliphatic rings. The van der Waals surface area contributed by atoms with Gasteiger partial charge in [0, 0.05) is 38.6 Å². The number of rotatable bonds is 5. The van der Waals surface area contributed by atoms with Crippen molar-refractivity contribution in [2.75, 3.05) is 0 Å². The van der Waals surface area contributed by atoms with Crippen LogP contribution in [-0.4, -0.2) is 14.5 Å². The summed E-state index contributed by atoms with van der Waals surface area (Å²) < 4.78 is 2.39. The Morgan fingerprint density at radius 2 is 1.11 bits per heavy atom. The molecule has 1 aliphatic carbocycles. The Labute approximate surface area is 314 Å². The van der Waals surface area contributed by atoms with E-state index >= 15 is 0 Å². The van der Waals surface area contributed by atoms with Gasteiger partial charge in [0.2, 0.25) is 0 Å². The zero-order chi connectivity index (χ0) is 36.4. The molecule has 0 saturated carbocycles. The zero-order valence-electron chi connectivity index (χ0n) is 30.0. The molecule has 0 radical (unpaired) electrons. The Hall–Kier alpha value is -7.09. The van der Waals surface area contributed by atoms with Gasteiger partial charge in [0.1, 0.15) is 0 Å². The van der Waals surface area contributed by atoms with Crippen LogP contribution < -0.4 is 0 Å². The summed E-state index contributed by atoms with van der Waals surface area (Å²) in [6.07, 6.45) is 0. The summed E-state index contributed by atoms with van der Waals surface area (Å²) in [5.41, 5.74) is 15.4. The highest BCUT2D eigenvalue weighted by Crippen LogP contribution is 2.51. The molecule has 0 saturated heterocycles. The van der Waals surface area contributed by atoms with E-state index < -0.39 is 0 Å². The summed E-state index contributed by atoms with van der Waals surface area (Å²) in [7, 11) is 0. The van der Waals surface area contributed by atoms with Gasteiger partial charge in [-0.05, 0) is 81.9 Å². The van der Waals surface area contributed by atoms with Crippen molar-refractivity contribution < 1.29 is 0 Å². The highest BCUT2D eigenvalue weighted by Gasteiger charge is 2.36. The fourth-order valence-corrected chi connectivity index (χ4v) is 8.39. The Bertz CT molecular complexity index is 2910. The minimum atomic E-state index is -0.114. The maximum atomic E-state index is 10.3. The van der Waals surface area contributed by atoms with E-state index in [1.807, 2.05) is 60.7 Å². The molecule has 0 N–H and O–H groups in total. The quantitative estimate of drug-likeness (QED) is 0.181. The number of aromatic nitrogens is 3. The smallest absolute Gasteiger partial charge is 0.160 e. The first-order valence-corrected chi connectivity index (χ1v) is 18.3. The van der Waals surface area contributed by atoms with E-state index in [4.69, 9.17) is 9.97 Å². The van der Waals surface area contributed by atoms with E-state index in [1.54, 1.807) is 0 Å². The number of para-hydroxylation sites is 1. The fourth-order valence-electron chi connectivity index (χ4n) is 8.39.